The number of aliphatic imine (C=N–C) groups is 1. The van der Waals surface area contributed by atoms with Crippen molar-refractivity contribution in [3.63, 3.8) is 0 Å². The number of anilines is 1. The molecule has 7 heteroatoms. The molecule has 0 N–H and O–H groups in total. The lowest BCUT2D eigenvalue weighted by molar-refractivity contribution is -0.384. The van der Waals surface area contributed by atoms with Crippen LogP contribution in [0.15, 0.2) is 96.0 Å². The van der Waals surface area contributed by atoms with Crippen LogP contribution in [0, 0.1) is 35.8 Å². The number of nitrogens with zero attached hydrogens (tertiary/aromatic N) is 3. The van der Waals surface area contributed by atoms with Crippen LogP contribution in [0.5, 0.6) is 0 Å². The fraction of sp³-hybridized carbons (Fsp3) is 0.182. The first kappa shape index (κ1) is 24.2. The molecule has 0 radical (unpaired) electrons. The van der Waals surface area contributed by atoms with Gasteiger partial charge in [0.2, 0.25) is 11.8 Å². The molecule has 0 saturated carbocycles. The van der Waals surface area contributed by atoms with E-state index in [9.17, 15) is 19.7 Å². The van der Waals surface area contributed by atoms with Crippen LogP contribution < -0.4 is 4.90 Å². The summed E-state index contributed by atoms with van der Waals surface area (Å²) in [5, 5.41) is 11.4. The first-order valence-electron chi connectivity index (χ1n) is 13.3. The predicted molar refractivity (Wildman–Crippen MR) is 152 cm³/mol. The second-order valence-corrected chi connectivity index (χ2v) is 10.9. The Kier molecular flexibility index (Phi) is 5.16. The zero-order valence-corrected chi connectivity index (χ0v) is 21.9. The number of nitro groups is 1. The monoisotopic (exact) mass is 527 g/mol. The fourth-order valence-corrected chi connectivity index (χ4v) is 7.21. The first-order valence-corrected chi connectivity index (χ1v) is 13.3. The van der Waals surface area contributed by atoms with E-state index in [2.05, 4.69) is 0 Å². The summed E-state index contributed by atoms with van der Waals surface area (Å²) in [4.78, 5) is 46.0. The molecular weight excluding hydrogens is 502 g/mol. The molecule has 2 amide bonds. The number of carbonyl (C=O) groups excluding carboxylic acids is 2. The second-order valence-electron chi connectivity index (χ2n) is 10.9. The number of hydrogen-bond acceptors (Lipinski definition) is 5. The zero-order valence-electron chi connectivity index (χ0n) is 21.9. The summed E-state index contributed by atoms with van der Waals surface area (Å²) in [6, 6.07) is 27.8. The van der Waals surface area contributed by atoms with E-state index in [1.54, 1.807) is 18.3 Å². The van der Waals surface area contributed by atoms with Gasteiger partial charge in [0.25, 0.3) is 5.69 Å². The van der Waals surface area contributed by atoms with Gasteiger partial charge >= 0.3 is 0 Å². The number of hydrogen-bond donors (Lipinski definition) is 0. The number of rotatable bonds is 4. The van der Waals surface area contributed by atoms with Gasteiger partial charge in [0.05, 0.1) is 33.5 Å². The maximum Gasteiger partial charge on any atom is 0.271 e. The maximum absolute atomic E-state index is 14.5. The van der Waals surface area contributed by atoms with Gasteiger partial charge in [-0.25, -0.2) is 4.90 Å². The SMILES string of the molecule is Cc1ccc(N2C(=O)[C@@H]3[C@@H](C2=O)C2c4ccccc4C3(C=Nc3cccc([N+](=O)[O-])c3)c3ccccc32)c(C)c1. The molecule has 1 fully saturated rings. The molecule has 1 aliphatic heterocycles. The van der Waals surface area contributed by atoms with Crippen LogP contribution in [0.25, 0.3) is 0 Å². The van der Waals surface area contributed by atoms with Gasteiger partial charge in [-0.15, -0.1) is 0 Å². The standard InChI is InChI=1S/C33H25N3O4/c1-19-14-15-27(20(2)16-19)35-31(37)29-28-23-10-3-5-12-25(23)33(30(29)32(35)38,26-13-6-4-11-24(26)28)18-34-21-8-7-9-22(17-21)36(39)40/h3-18,28-30H,1-2H3/t28?,29-,30-,33?/m0/s1. The van der Waals surface area contributed by atoms with Crippen molar-refractivity contribution in [1.29, 1.82) is 0 Å². The topological polar surface area (TPSA) is 92.9 Å². The summed E-state index contributed by atoms with van der Waals surface area (Å²) in [5.74, 6) is -2.03. The highest BCUT2D eigenvalue weighted by atomic mass is 16.6. The van der Waals surface area contributed by atoms with Gasteiger partial charge in [0, 0.05) is 24.3 Å². The minimum Gasteiger partial charge on any atom is -0.274 e. The number of carbonyl (C=O) groups is 2. The predicted octanol–water partition coefficient (Wildman–Crippen LogP) is 6.16. The van der Waals surface area contributed by atoms with Gasteiger partial charge in [-0.05, 0) is 53.8 Å². The molecule has 8 rings (SSSR count). The van der Waals surface area contributed by atoms with Crippen LogP contribution in [-0.4, -0.2) is 23.0 Å². The van der Waals surface area contributed by atoms with E-state index in [0.29, 0.717) is 11.4 Å². The molecule has 3 aliphatic carbocycles. The second kappa shape index (κ2) is 8.55. The Morgan fingerprint density at radius 1 is 0.850 bits per heavy atom. The number of non-ortho nitro benzene ring substituents is 1. The maximum atomic E-state index is 14.5. The van der Waals surface area contributed by atoms with Crippen molar-refractivity contribution >= 4 is 35.1 Å². The normalized spacial score (nSPS) is 24.2. The van der Waals surface area contributed by atoms with E-state index >= 15 is 0 Å². The lowest BCUT2D eigenvalue weighted by atomic mass is 9.47. The Morgan fingerprint density at radius 2 is 1.52 bits per heavy atom. The Balaban J connectivity index is 1.49. The van der Waals surface area contributed by atoms with Crippen molar-refractivity contribution in [2.24, 2.45) is 16.8 Å². The lowest BCUT2D eigenvalue weighted by Gasteiger charge is -2.52. The summed E-state index contributed by atoms with van der Waals surface area (Å²) < 4.78 is 0. The summed E-state index contributed by atoms with van der Waals surface area (Å²) in [6.45, 7) is 3.90. The lowest BCUT2D eigenvalue weighted by Crippen LogP contribution is -2.54. The van der Waals surface area contributed by atoms with Crippen LogP contribution in [0.1, 0.15) is 39.3 Å². The van der Waals surface area contributed by atoms with Crippen molar-refractivity contribution in [2.45, 2.75) is 25.2 Å². The molecule has 196 valence electrons. The van der Waals surface area contributed by atoms with Crippen LogP contribution in [-0.2, 0) is 15.0 Å². The van der Waals surface area contributed by atoms with E-state index in [-0.39, 0.29) is 23.4 Å². The van der Waals surface area contributed by atoms with Gasteiger partial charge in [-0.2, -0.15) is 0 Å². The molecule has 4 aliphatic rings. The van der Waals surface area contributed by atoms with Crippen LogP contribution in [0.4, 0.5) is 17.1 Å². The van der Waals surface area contributed by atoms with Gasteiger partial charge in [-0.3, -0.25) is 24.7 Å². The molecule has 40 heavy (non-hydrogen) atoms. The Bertz CT molecular complexity index is 1740. The molecular formula is C33H25N3O4. The van der Waals surface area contributed by atoms with Gasteiger partial charge in [0.15, 0.2) is 0 Å². The third kappa shape index (κ3) is 3.14. The number of benzene rings is 4. The van der Waals surface area contributed by atoms with E-state index in [1.165, 1.54) is 17.0 Å². The van der Waals surface area contributed by atoms with Crippen molar-refractivity contribution < 1.29 is 14.5 Å². The molecule has 4 aromatic carbocycles. The van der Waals surface area contributed by atoms with Crippen molar-refractivity contribution in [1.82, 2.24) is 0 Å². The molecule has 0 spiro atoms. The highest BCUT2D eigenvalue weighted by Crippen LogP contribution is 2.63. The average molecular weight is 528 g/mol. The molecule has 1 heterocycles. The Morgan fingerprint density at radius 3 is 2.17 bits per heavy atom. The van der Waals surface area contributed by atoms with Crippen LogP contribution in [0.2, 0.25) is 0 Å². The number of imide groups is 1. The molecule has 1 saturated heterocycles. The Hall–Kier alpha value is -4.91. The zero-order chi connectivity index (χ0) is 27.8. The number of amides is 2. The Labute approximate surface area is 231 Å². The smallest absolute Gasteiger partial charge is 0.271 e. The van der Waals surface area contributed by atoms with Gasteiger partial charge in [-0.1, -0.05) is 72.3 Å². The summed E-state index contributed by atoms with van der Waals surface area (Å²) >= 11 is 0. The average Bonchev–Trinajstić information content (AvgIpc) is 3.23. The summed E-state index contributed by atoms with van der Waals surface area (Å²) in [7, 11) is 0. The van der Waals surface area contributed by atoms with Crippen molar-refractivity contribution in [2.75, 3.05) is 4.90 Å². The van der Waals surface area contributed by atoms with E-state index in [0.717, 1.165) is 33.4 Å². The van der Waals surface area contributed by atoms with E-state index in [1.807, 2.05) is 80.6 Å². The quantitative estimate of drug-likeness (QED) is 0.137. The molecule has 0 aromatic heterocycles. The highest BCUT2D eigenvalue weighted by Gasteiger charge is 2.68. The third-order valence-corrected chi connectivity index (χ3v) is 8.73. The van der Waals surface area contributed by atoms with Gasteiger partial charge in [0.1, 0.15) is 0 Å². The van der Waals surface area contributed by atoms with Crippen molar-refractivity contribution in [3.8, 4) is 0 Å². The van der Waals surface area contributed by atoms with Crippen LogP contribution in [0.3, 0.4) is 0 Å². The largest absolute Gasteiger partial charge is 0.274 e. The minimum atomic E-state index is -1.03. The summed E-state index contributed by atoms with van der Waals surface area (Å²) in [5.41, 5.74) is 5.74. The molecule has 2 bridgehead atoms. The molecule has 7 nitrogen and oxygen atoms in total. The molecule has 2 atom stereocenters. The number of nitro benzene ring substituents is 1. The summed E-state index contributed by atoms with van der Waals surface area (Å²) in [6.07, 6.45) is 1.76. The fourth-order valence-electron chi connectivity index (χ4n) is 7.21. The van der Waals surface area contributed by atoms with Crippen molar-refractivity contribution in [3.05, 3.63) is 134 Å². The third-order valence-electron chi connectivity index (χ3n) is 8.73. The minimum absolute atomic E-state index is 0.0636. The molecule has 4 aromatic rings. The van der Waals surface area contributed by atoms with Crippen LogP contribution >= 0.6 is 0 Å². The first-order chi connectivity index (χ1) is 19.3. The number of aryl methyl sites for hydroxylation is 2. The highest BCUT2D eigenvalue weighted by molar-refractivity contribution is 6.25. The van der Waals surface area contributed by atoms with Gasteiger partial charge < -0.3 is 0 Å². The van der Waals surface area contributed by atoms with E-state index in [4.69, 9.17) is 4.99 Å². The molecule has 0 unspecified atom stereocenters. The van der Waals surface area contributed by atoms with E-state index < -0.39 is 22.2 Å².